The van der Waals surface area contributed by atoms with Crippen molar-refractivity contribution >= 4 is 5.91 Å². The molecule has 0 saturated carbocycles. The van der Waals surface area contributed by atoms with E-state index >= 15 is 0 Å². The molecule has 1 aromatic carbocycles. The molecule has 1 amide bonds. The number of carbonyl (C=O) groups excluding carboxylic acids is 1. The Morgan fingerprint density at radius 1 is 1.45 bits per heavy atom. The molecule has 5 heteroatoms. The zero-order valence-corrected chi connectivity index (χ0v) is 12.9. The van der Waals surface area contributed by atoms with Crippen molar-refractivity contribution in [2.75, 3.05) is 7.11 Å². The van der Waals surface area contributed by atoms with Crippen molar-refractivity contribution in [3.05, 3.63) is 47.3 Å². The van der Waals surface area contributed by atoms with Crippen molar-refractivity contribution in [3.63, 3.8) is 0 Å². The maximum Gasteiger partial charge on any atom is 0.223 e. The number of benzene rings is 1. The number of hydrogen-bond donors (Lipinski definition) is 2. The summed E-state index contributed by atoms with van der Waals surface area (Å²) in [5, 5.41) is 10.2. The summed E-state index contributed by atoms with van der Waals surface area (Å²) in [6, 6.07) is 7.71. The summed E-state index contributed by atoms with van der Waals surface area (Å²) < 4.78 is 5.37. The highest BCUT2D eigenvalue weighted by molar-refractivity contribution is 5.79. The summed E-state index contributed by atoms with van der Waals surface area (Å²) in [6.45, 7) is 1.99. The highest BCUT2D eigenvalue weighted by Gasteiger charge is 2.27. The van der Waals surface area contributed by atoms with Crippen LogP contribution in [0.2, 0.25) is 0 Å². The number of ether oxygens (including phenoxy) is 1. The molecule has 2 N–H and O–H groups in total. The van der Waals surface area contributed by atoms with E-state index in [1.165, 1.54) is 5.69 Å². The molecule has 0 saturated heterocycles. The van der Waals surface area contributed by atoms with Gasteiger partial charge in [0.15, 0.2) is 0 Å². The molecule has 2 unspecified atom stereocenters. The second kappa shape index (κ2) is 6.22. The molecular weight excluding hydrogens is 278 g/mol. The van der Waals surface area contributed by atoms with Gasteiger partial charge in [-0.1, -0.05) is 18.2 Å². The van der Waals surface area contributed by atoms with E-state index in [1.54, 1.807) is 7.11 Å². The van der Waals surface area contributed by atoms with E-state index < -0.39 is 0 Å². The number of fused-ring (bicyclic) bond motifs is 1. The van der Waals surface area contributed by atoms with Gasteiger partial charge in [0.05, 0.1) is 19.3 Å². The molecule has 2 atom stereocenters. The van der Waals surface area contributed by atoms with Gasteiger partial charge in [0.25, 0.3) is 0 Å². The van der Waals surface area contributed by atoms with Gasteiger partial charge in [-0.15, -0.1) is 0 Å². The first-order valence-corrected chi connectivity index (χ1v) is 7.63. The van der Waals surface area contributed by atoms with E-state index in [2.05, 4.69) is 15.5 Å². The van der Waals surface area contributed by atoms with Gasteiger partial charge < -0.3 is 10.1 Å². The van der Waals surface area contributed by atoms with E-state index in [4.69, 9.17) is 4.74 Å². The third kappa shape index (κ3) is 2.84. The van der Waals surface area contributed by atoms with Crippen LogP contribution in [-0.4, -0.2) is 23.2 Å². The number of methoxy groups -OCH3 is 1. The molecule has 1 heterocycles. The number of rotatable bonds is 4. The Labute approximate surface area is 130 Å². The maximum absolute atomic E-state index is 12.5. The van der Waals surface area contributed by atoms with Gasteiger partial charge in [-0.2, -0.15) is 5.10 Å². The molecule has 0 bridgehead atoms. The van der Waals surface area contributed by atoms with Crippen LogP contribution >= 0.6 is 0 Å². The molecule has 0 spiro atoms. The summed E-state index contributed by atoms with van der Waals surface area (Å²) in [5.41, 5.74) is 3.33. The molecule has 22 heavy (non-hydrogen) atoms. The molecule has 3 rings (SSSR count). The van der Waals surface area contributed by atoms with E-state index in [-0.39, 0.29) is 17.9 Å². The Hall–Kier alpha value is -2.30. The summed E-state index contributed by atoms with van der Waals surface area (Å²) >= 11 is 0. The number of hydrogen-bond acceptors (Lipinski definition) is 3. The molecule has 5 nitrogen and oxygen atoms in total. The fourth-order valence-corrected chi connectivity index (χ4v) is 3.07. The molecule has 116 valence electrons. The fourth-order valence-electron chi connectivity index (χ4n) is 3.07. The number of nitrogens with zero attached hydrogens (tertiary/aromatic N) is 1. The van der Waals surface area contributed by atoms with Gasteiger partial charge in [0, 0.05) is 17.2 Å². The second-order valence-corrected chi connectivity index (χ2v) is 5.79. The van der Waals surface area contributed by atoms with Crippen LogP contribution in [-0.2, 0) is 17.6 Å². The minimum Gasteiger partial charge on any atom is -0.496 e. The predicted molar refractivity (Wildman–Crippen MR) is 83.7 cm³/mol. The standard InChI is InChI=1S/C17H21N3O2/c1-11(14-5-3-4-6-16(14)22-2)19-17(21)12-7-8-15-13(9-12)10-18-20-15/h3-6,10-12H,7-9H2,1-2H3,(H,18,20)(H,19,21). The molecule has 0 fully saturated rings. The summed E-state index contributed by atoms with van der Waals surface area (Å²) in [5.74, 6) is 0.920. The SMILES string of the molecule is COc1ccccc1C(C)NC(=O)C1CCc2[nH]ncc2C1. The van der Waals surface area contributed by atoms with Crippen LogP contribution in [0.4, 0.5) is 0 Å². The Kier molecular flexibility index (Phi) is 4.13. The number of amides is 1. The number of para-hydroxylation sites is 1. The van der Waals surface area contributed by atoms with Crippen LogP contribution < -0.4 is 10.1 Å². The van der Waals surface area contributed by atoms with E-state index in [1.807, 2.05) is 37.4 Å². The molecule has 0 aliphatic heterocycles. The van der Waals surface area contributed by atoms with Gasteiger partial charge in [0.1, 0.15) is 5.75 Å². The molecular formula is C17H21N3O2. The van der Waals surface area contributed by atoms with Crippen molar-refractivity contribution in [1.29, 1.82) is 0 Å². The molecule has 1 aromatic heterocycles. The van der Waals surface area contributed by atoms with Gasteiger partial charge in [-0.05, 0) is 37.8 Å². The normalized spacial score (nSPS) is 18.4. The van der Waals surface area contributed by atoms with Crippen molar-refractivity contribution in [3.8, 4) is 5.75 Å². The summed E-state index contributed by atoms with van der Waals surface area (Å²) in [6.07, 6.45) is 4.34. The Morgan fingerprint density at radius 3 is 3.09 bits per heavy atom. The number of aromatic nitrogens is 2. The van der Waals surface area contributed by atoms with Crippen LogP contribution in [0.25, 0.3) is 0 Å². The monoisotopic (exact) mass is 299 g/mol. The fraction of sp³-hybridized carbons (Fsp3) is 0.412. The van der Waals surface area contributed by atoms with Crippen molar-refractivity contribution < 1.29 is 9.53 Å². The Balaban J connectivity index is 1.67. The minimum absolute atomic E-state index is 0.0160. The first kappa shape index (κ1) is 14.6. The Morgan fingerprint density at radius 2 is 2.27 bits per heavy atom. The number of nitrogens with one attached hydrogen (secondary N) is 2. The highest BCUT2D eigenvalue weighted by Crippen LogP contribution is 2.27. The van der Waals surface area contributed by atoms with Crippen molar-refractivity contribution in [2.24, 2.45) is 5.92 Å². The first-order chi connectivity index (χ1) is 10.7. The zero-order chi connectivity index (χ0) is 15.5. The average molecular weight is 299 g/mol. The van der Waals surface area contributed by atoms with Crippen LogP contribution in [0.5, 0.6) is 5.75 Å². The van der Waals surface area contributed by atoms with Gasteiger partial charge in [-0.3, -0.25) is 9.89 Å². The van der Waals surface area contributed by atoms with Crippen LogP contribution in [0.15, 0.2) is 30.5 Å². The largest absolute Gasteiger partial charge is 0.496 e. The highest BCUT2D eigenvalue weighted by atomic mass is 16.5. The minimum atomic E-state index is -0.0746. The topological polar surface area (TPSA) is 67.0 Å². The molecule has 2 aromatic rings. The second-order valence-electron chi connectivity index (χ2n) is 5.79. The lowest BCUT2D eigenvalue weighted by Crippen LogP contribution is -2.35. The van der Waals surface area contributed by atoms with Crippen LogP contribution in [0, 0.1) is 5.92 Å². The van der Waals surface area contributed by atoms with Crippen molar-refractivity contribution in [1.82, 2.24) is 15.5 Å². The number of H-pyrrole nitrogens is 1. The van der Waals surface area contributed by atoms with Gasteiger partial charge in [-0.25, -0.2) is 0 Å². The van der Waals surface area contributed by atoms with Gasteiger partial charge >= 0.3 is 0 Å². The molecule has 1 aliphatic carbocycles. The van der Waals surface area contributed by atoms with Crippen molar-refractivity contribution in [2.45, 2.75) is 32.2 Å². The lowest BCUT2D eigenvalue weighted by Gasteiger charge is -2.24. The van der Waals surface area contributed by atoms with Crippen LogP contribution in [0.1, 0.15) is 36.2 Å². The predicted octanol–water partition coefficient (Wildman–Crippen LogP) is 2.40. The lowest BCUT2D eigenvalue weighted by atomic mass is 9.87. The molecule has 0 radical (unpaired) electrons. The quantitative estimate of drug-likeness (QED) is 0.911. The maximum atomic E-state index is 12.5. The number of carbonyl (C=O) groups is 1. The summed E-state index contributed by atoms with van der Waals surface area (Å²) in [7, 11) is 1.65. The Bertz CT molecular complexity index is 665. The lowest BCUT2D eigenvalue weighted by molar-refractivity contribution is -0.126. The number of aromatic amines is 1. The smallest absolute Gasteiger partial charge is 0.223 e. The van der Waals surface area contributed by atoms with E-state index in [0.29, 0.717) is 0 Å². The third-order valence-corrected chi connectivity index (χ3v) is 4.35. The first-order valence-electron chi connectivity index (χ1n) is 7.63. The number of aryl methyl sites for hydroxylation is 1. The van der Waals surface area contributed by atoms with E-state index in [0.717, 1.165) is 36.1 Å². The van der Waals surface area contributed by atoms with Crippen LogP contribution in [0.3, 0.4) is 0 Å². The molecule has 1 aliphatic rings. The van der Waals surface area contributed by atoms with Gasteiger partial charge in [0.2, 0.25) is 5.91 Å². The van der Waals surface area contributed by atoms with E-state index in [9.17, 15) is 4.79 Å². The zero-order valence-electron chi connectivity index (χ0n) is 12.9. The average Bonchev–Trinajstić information content (AvgIpc) is 3.02. The third-order valence-electron chi connectivity index (χ3n) is 4.35. The summed E-state index contributed by atoms with van der Waals surface area (Å²) in [4.78, 5) is 12.5.